The van der Waals surface area contributed by atoms with Crippen LogP contribution in [0.15, 0.2) is 46.3 Å². The lowest BCUT2D eigenvalue weighted by Crippen LogP contribution is -2.36. The van der Waals surface area contributed by atoms with Gasteiger partial charge in [-0.1, -0.05) is 12.1 Å². The van der Waals surface area contributed by atoms with Crippen molar-refractivity contribution in [3.63, 3.8) is 0 Å². The van der Waals surface area contributed by atoms with Crippen molar-refractivity contribution >= 4 is 51.3 Å². The fraction of sp³-hybridized carbons (Fsp3) is 0.421. The van der Waals surface area contributed by atoms with Gasteiger partial charge in [0, 0.05) is 36.4 Å². The number of thiophene rings is 1. The second kappa shape index (κ2) is 10.6. The molecule has 1 aromatic heterocycles. The number of benzene rings is 1. The van der Waals surface area contributed by atoms with Crippen LogP contribution in [0.3, 0.4) is 0 Å². The Morgan fingerprint density at radius 3 is 2.29 bits per heavy atom. The zero-order valence-electron chi connectivity index (χ0n) is 16.1. The SMILES string of the molecule is CN=C(NCc1ccc(S(=O)(=O)N2CCCC2)cc1)NCc1ccc(C)s1.I. The number of hydrogen-bond acceptors (Lipinski definition) is 4. The van der Waals surface area contributed by atoms with E-state index in [1.165, 1.54) is 9.75 Å². The van der Waals surface area contributed by atoms with Gasteiger partial charge in [0.2, 0.25) is 10.0 Å². The van der Waals surface area contributed by atoms with Crippen LogP contribution in [0.4, 0.5) is 0 Å². The van der Waals surface area contributed by atoms with Crippen LogP contribution in [0.2, 0.25) is 0 Å². The molecule has 2 aromatic rings. The molecule has 1 aliphatic heterocycles. The highest BCUT2D eigenvalue weighted by Crippen LogP contribution is 2.21. The second-order valence-corrected chi connectivity index (χ2v) is 9.86. The molecular formula is C19H27IN4O2S2. The zero-order chi connectivity index (χ0) is 19.3. The van der Waals surface area contributed by atoms with E-state index in [2.05, 4.69) is 34.7 Å². The molecule has 3 rings (SSSR count). The Hall–Kier alpha value is -1.17. The first kappa shape index (κ1) is 23.1. The molecule has 0 bridgehead atoms. The summed E-state index contributed by atoms with van der Waals surface area (Å²) in [5.74, 6) is 0.717. The second-order valence-electron chi connectivity index (χ2n) is 6.55. The summed E-state index contributed by atoms with van der Waals surface area (Å²) < 4.78 is 26.7. The first-order chi connectivity index (χ1) is 13.0. The molecule has 154 valence electrons. The summed E-state index contributed by atoms with van der Waals surface area (Å²) in [4.78, 5) is 7.14. The summed E-state index contributed by atoms with van der Waals surface area (Å²) in [5, 5.41) is 6.55. The van der Waals surface area contributed by atoms with Crippen LogP contribution >= 0.6 is 35.3 Å². The van der Waals surface area contributed by atoms with Crippen LogP contribution in [-0.2, 0) is 23.1 Å². The third-order valence-corrected chi connectivity index (χ3v) is 7.45. The van der Waals surface area contributed by atoms with Crippen molar-refractivity contribution < 1.29 is 8.42 Å². The Labute approximate surface area is 188 Å². The number of aliphatic imine (C=N–C) groups is 1. The normalized spacial score (nSPS) is 15.3. The van der Waals surface area contributed by atoms with Gasteiger partial charge >= 0.3 is 0 Å². The summed E-state index contributed by atoms with van der Waals surface area (Å²) >= 11 is 1.76. The van der Waals surface area contributed by atoms with Crippen molar-refractivity contribution in [2.45, 2.75) is 37.8 Å². The van der Waals surface area contributed by atoms with Crippen molar-refractivity contribution in [3.05, 3.63) is 51.7 Å². The molecule has 1 aromatic carbocycles. The van der Waals surface area contributed by atoms with Crippen LogP contribution < -0.4 is 10.6 Å². The van der Waals surface area contributed by atoms with Gasteiger partial charge in [-0.15, -0.1) is 35.3 Å². The van der Waals surface area contributed by atoms with E-state index in [1.54, 1.807) is 34.8 Å². The summed E-state index contributed by atoms with van der Waals surface area (Å²) in [7, 11) is -1.61. The van der Waals surface area contributed by atoms with Gasteiger partial charge in [0.05, 0.1) is 11.4 Å². The molecule has 0 unspecified atom stereocenters. The zero-order valence-corrected chi connectivity index (χ0v) is 20.1. The van der Waals surface area contributed by atoms with Crippen LogP contribution in [0.1, 0.15) is 28.2 Å². The minimum Gasteiger partial charge on any atom is -0.352 e. The number of rotatable bonds is 6. The van der Waals surface area contributed by atoms with E-state index in [0.717, 1.165) is 30.9 Å². The molecule has 2 N–H and O–H groups in total. The number of guanidine groups is 1. The standard InChI is InChI=1S/C19H26N4O2S2.HI/c1-15-5-8-17(26-15)14-22-19(20-2)21-13-16-6-9-18(10-7-16)27(24,25)23-11-3-4-12-23;/h5-10H,3-4,11-14H2,1-2H3,(H2,20,21,22);1H. The van der Waals surface area contributed by atoms with Crippen LogP contribution in [-0.4, -0.2) is 38.8 Å². The number of sulfonamides is 1. The Bertz CT molecular complexity index is 889. The lowest BCUT2D eigenvalue weighted by atomic mass is 10.2. The number of nitrogens with one attached hydrogen (secondary N) is 2. The molecule has 0 saturated carbocycles. The summed E-state index contributed by atoms with van der Waals surface area (Å²) in [5.41, 5.74) is 1.00. The van der Waals surface area contributed by atoms with E-state index in [0.29, 0.717) is 24.5 Å². The first-order valence-electron chi connectivity index (χ1n) is 9.08. The maximum Gasteiger partial charge on any atom is 0.243 e. The predicted octanol–water partition coefficient (Wildman–Crippen LogP) is 3.32. The van der Waals surface area contributed by atoms with Gasteiger partial charge in [0.15, 0.2) is 5.96 Å². The van der Waals surface area contributed by atoms with E-state index in [9.17, 15) is 8.42 Å². The van der Waals surface area contributed by atoms with Gasteiger partial charge in [0.25, 0.3) is 0 Å². The molecule has 9 heteroatoms. The maximum absolute atomic E-state index is 12.6. The van der Waals surface area contributed by atoms with E-state index in [-0.39, 0.29) is 24.0 Å². The van der Waals surface area contributed by atoms with Crippen molar-refractivity contribution in [1.29, 1.82) is 0 Å². The first-order valence-corrected chi connectivity index (χ1v) is 11.3. The third-order valence-electron chi connectivity index (χ3n) is 4.54. The monoisotopic (exact) mass is 534 g/mol. The number of hydrogen-bond donors (Lipinski definition) is 2. The molecule has 1 aliphatic rings. The van der Waals surface area contributed by atoms with Crippen LogP contribution in [0, 0.1) is 6.92 Å². The minimum absolute atomic E-state index is 0. The number of nitrogens with zero attached hydrogens (tertiary/aromatic N) is 2. The molecule has 6 nitrogen and oxygen atoms in total. The van der Waals surface area contributed by atoms with Crippen LogP contribution in [0.25, 0.3) is 0 Å². The lowest BCUT2D eigenvalue weighted by molar-refractivity contribution is 0.477. The van der Waals surface area contributed by atoms with E-state index in [4.69, 9.17) is 0 Å². The summed E-state index contributed by atoms with van der Waals surface area (Å²) in [6, 6.07) is 11.3. The predicted molar refractivity (Wildman–Crippen MR) is 126 cm³/mol. The topological polar surface area (TPSA) is 73.8 Å². The number of aryl methyl sites for hydroxylation is 1. The minimum atomic E-state index is -3.35. The molecule has 0 aliphatic carbocycles. The highest BCUT2D eigenvalue weighted by Gasteiger charge is 2.26. The van der Waals surface area contributed by atoms with Gasteiger partial charge < -0.3 is 10.6 Å². The average molecular weight is 534 g/mol. The molecule has 0 spiro atoms. The van der Waals surface area contributed by atoms with Gasteiger partial charge in [0.1, 0.15) is 0 Å². The van der Waals surface area contributed by atoms with Gasteiger partial charge in [-0.3, -0.25) is 4.99 Å². The molecule has 28 heavy (non-hydrogen) atoms. The van der Waals surface area contributed by atoms with Crippen molar-refractivity contribution in [2.24, 2.45) is 4.99 Å². The largest absolute Gasteiger partial charge is 0.352 e. The number of halogens is 1. The van der Waals surface area contributed by atoms with Crippen LogP contribution in [0.5, 0.6) is 0 Å². The van der Waals surface area contributed by atoms with E-state index >= 15 is 0 Å². The molecular weight excluding hydrogens is 507 g/mol. The third kappa shape index (κ3) is 5.91. The van der Waals surface area contributed by atoms with E-state index < -0.39 is 10.0 Å². The van der Waals surface area contributed by atoms with Gasteiger partial charge in [-0.05, 0) is 49.6 Å². The average Bonchev–Trinajstić information content (AvgIpc) is 3.34. The Morgan fingerprint density at radius 1 is 1.07 bits per heavy atom. The molecule has 0 atom stereocenters. The Balaban J connectivity index is 0.00000280. The summed E-state index contributed by atoms with van der Waals surface area (Å²) in [6.45, 7) is 4.64. The van der Waals surface area contributed by atoms with Crippen molar-refractivity contribution in [1.82, 2.24) is 14.9 Å². The molecule has 0 radical (unpaired) electrons. The highest BCUT2D eigenvalue weighted by atomic mass is 127. The van der Waals surface area contributed by atoms with Gasteiger partial charge in [-0.25, -0.2) is 8.42 Å². The quantitative estimate of drug-likeness (QED) is 0.339. The molecule has 1 saturated heterocycles. The lowest BCUT2D eigenvalue weighted by Gasteiger charge is -2.16. The Kier molecular flexibility index (Phi) is 8.72. The van der Waals surface area contributed by atoms with Gasteiger partial charge in [-0.2, -0.15) is 4.31 Å². The smallest absolute Gasteiger partial charge is 0.243 e. The van der Waals surface area contributed by atoms with Crippen molar-refractivity contribution in [3.8, 4) is 0 Å². The molecule has 2 heterocycles. The molecule has 0 amide bonds. The van der Waals surface area contributed by atoms with E-state index in [1.807, 2.05) is 12.1 Å². The summed E-state index contributed by atoms with van der Waals surface area (Å²) in [6.07, 6.45) is 1.89. The van der Waals surface area contributed by atoms with Crippen molar-refractivity contribution in [2.75, 3.05) is 20.1 Å². The maximum atomic E-state index is 12.6. The molecule has 1 fully saturated rings. The Morgan fingerprint density at radius 2 is 1.71 bits per heavy atom. The fourth-order valence-corrected chi connectivity index (χ4v) is 5.36. The highest BCUT2D eigenvalue weighted by molar-refractivity contribution is 14.0. The fourth-order valence-electron chi connectivity index (χ4n) is 3.01.